The number of anilines is 1. The van der Waals surface area contributed by atoms with Gasteiger partial charge in [-0.1, -0.05) is 110 Å². The standard InChI is InChI=1S/C74H112N8O18S3/c1-13-46(6)68(56(95-11)39-61(85)82-32-19-22-55(82)70(96-12)47(7)71(91)77-48(8)69(90)50-20-15-14-16-21-50)80(9)62(86)41-76-73(93)67(45(4)5)81(10)74(94)97-42-49-25-27-51(28-26-49)78-59(83)40-75-72(92)66(44(2)3)79-60(84)43-101-33-29-63(87)98-52-36-53-38-54(37-52)100-65(89)31-35-103-58-24-18-17-23-57(58)102-34-30-64(88)99-53/h14-16,20-21,25-28,44-48,52-58,66-70,90H,13,17-19,22-24,29-43H2,1-12H3,(H,75,92)(H,76,93)(H,77,91)(H,78,83)(H,79,84)/t46-,47+,48+,52-,53?,54-,55-,56+,57?,58?,66?,67?,68-,69+,70+/m0/s1. The zero-order valence-electron chi connectivity index (χ0n) is 62.0. The Labute approximate surface area is 620 Å². The first-order valence-electron chi connectivity index (χ1n) is 36.3. The summed E-state index contributed by atoms with van der Waals surface area (Å²) in [5, 5.41) is 25.5. The van der Waals surface area contributed by atoms with Gasteiger partial charge in [0.25, 0.3) is 0 Å². The van der Waals surface area contributed by atoms with Gasteiger partial charge in [-0.2, -0.15) is 35.3 Å². The van der Waals surface area contributed by atoms with Gasteiger partial charge >= 0.3 is 24.0 Å². The number of nitrogens with one attached hydrogen (secondary N) is 5. The third-order valence-electron chi connectivity index (χ3n) is 19.7. The van der Waals surface area contributed by atoms with Crippen molar-refractivity contribution in [3.05, 3.63) is 65.7 Å². The van der Waals surface area contributed by atoms with Gasteiger partial charge in [0.15, 0.2) is 0 Å². The first-order chi connectivity index (χ1) is 49.1. The van der Waals surface area contributed by atoms with Gasteiger partial charge in [-0.15, -0.1) is 0 Å². The fraction of sp³-hybridized carbons (Fsp3) is 0.689. The molecule has 2 aliphatic heterocycles. The van der Waals surface area contributed by atoms with Crippen molar-refractivity contribution < 1.29 is 86.3 Å². The van der Waals surface area contributed by atoms with Gasteiger partial charge in [0.05, 0.1) is 86.9 Å². The summed E-state index contributed by atoms with van der Waals surface area (Å²) in [6.07, 6.45) is 2.84. The lowest BCUT2D eigenvalue weighted by atomic mass is 9.90. The second kappa shape index (κ2) is 43.1. The summed E-state index contributed by atoms with van der Waals surface area (Å²) in [4.78, 5) is 152. The van der Waals surface area contributed by atoms with Crippen LogP contribution in [0.1, 0.15) is 163 Å². The Morgan fingerprint density at radius 1 is 0.718 bits per heavy atom. The van der Waals surface area contributed by atoms with Gasteiger partial charge in [0.2, 0.25) is 41.4 Å². The van der Waals surface area contributed by atoms with Crippen molar-refractivity contribution in [3.8, 4) is 0 Å². The van der Waals surface area contributed by atoms with Crippen LogP contribution in [-0.4, -0.2) is 227 Å². The lowest BCUT2D eigenvalue weighted by Crippen LogP contribution is -2.56. The molecular formula is C74H112N8O18S3. The molecule has 15 atom stereocenters. The summed E-state index contributed by atoms with van der Waals surface area (Å²) in [5.41, 5.74) is 1.60. The molecule has 8 amide bonds. The number of amides is 8. The van der Waals surface area contributed by atoms with Gasteiger partial charge in [0.1, 0.15) is 37.0 Å². The van der Waals surface area contributed by atoms with Crippen LogP contribution >= 0.6 is 35.3 Å². The molecule has 2 saturated carbocycles. The predicted octanol–water partition coefficient (Wildman–Crippen LogP) is 7.36. The molecule has 0 spiro atoms. The molecule has 2 saturated heterocycles. The summed E-state index contributed by atoms with van der Waals surface area (Å²) in [5.74, 6) is -4.44. The Morgan fingerprint density at radius 2 is 1.34 bits per heavy atom. The number of methoxy groups -OCH3 is 2. The Kier molecular flexibility index (Phi) is 35.7. The average molecular weight is 1500 g/mol. The molecule has 0 aromatic heterocycles. The average Bonchev–Trinajstić information content (AvgIpc) is 1.71. The third kappa shape index (κ3) is 26.7. The molecule has 4 aliphatic rings. The molecule has 2 heterocycles. The normalized spacial score (nSPS) is 22.2. The Hall–Kier alpha value is -6.66. The third-order valence-corrected chi connectivity index (χ3v) is 23.7. The van der Waals surface area contributed by atoms with E-state index < -0.39 is 133 Å². The van der Waals surface area contributed by atoms with Crippen molar-refractivity contribution in [2.24, 2.45) is 23.7 Å². The van der Waals surface area contributed by atoms with Gasteiger partial charge in [-0.25, -0.2) is 4.79 Å². The number of esters is 3. The molecule has 4 fully saturated rings. The molecule has 2 aromatic carbocycles. The number of hydrogen-bond acceptors (Lipinski definition) is 21. The highest BCUT2D eigenvalue weighted by Gasteiger charge is 2.44. The second-order valence-electron chi connectivity index (χ2n) is 28.1. The van der Waals surface area contributed by atoms with Crippen molar-refractivity contribution in [3.63, 3.8) is 0 Å². The molecule has 2 aliphatic carbocycles. The second-order valence-corrected chi connectivity index (χ2v) is 31.9. The van der Waals surface area contributed by atoms with Gasteiger partial charge in [-0.05, 0) is 73.6 Å². The summed E-state index contributed by atoms with van der Waals surface area (Å²) < 4.78 is 35.0. The molecule has 29 heteroatoms. The fourth-order valence-corrected chi connectivity index (χ4v) is 17.6. The molecule has 5 unspecified atom stereocenters. The number of thioether (sulfide) groups is 3. The maximum absolute atomic E-state index is 14.3. The van der Waals surface area contributed by atoms with Crippen molar-refractivity contribution in [1.82, 2.24) is 36.0 Å². The first-order valence-corrected chi connectivity index (χ1v) is 39.5. The molecule has 26 nitrogen and oxygen atoms in total. The number of carbonyl (C=O) groups excluding carboxylic acids is 11. The molecule has 0 radical (unpaired) electrons. The Morgan fingerprint density at radius 3 is 1.92 bits per heavy atom. The van der Waals surface area contributed by atoms with Crippen LogP contribution in [0, 0.1) is 23.7 Å². The zero-order valence-corrected chi connectivity index (χ0v) is 64.5. The lowest BCUT2D eigenvalue weighted by molar-refractivity contribution is -0.169. The number of hydrogen-bond donors (Lipinski definition) is 6. The van der Waals surface area contributed by atoms with Crippen LogP contribution in [0.15, 0.2) is 54.6 Å². The monoisotopic (exact) mass is 1500 g/mol. The largest absolute Gasteiger partial charge is 0.462 e. The molecule has 2 bridgehead atoms. The number of likely N-dealkylation sites (N-methyl/N-ethyl adjacent to an activating group) is 2. The number of carbonyl (C=O) groups is 11. The van der Waals surface area contributed by atoms with Gasteiger partial charge < -0.3 is 69.9 Å². The Bertz CT molecular complexity index is 3080. The summed E-state index contributed by atoms with van der Waals surface area (Å²) in [6.45, 7) is 13.8. The van der Waals surface area contributed by atoms with Crippen LogP contribution in [0.2, 0.25) is 0 Å². The zero-order chi connectivity index (χ0) is 75.4. The van der Waals surface area contributed by atoms with E-state index in [1.165, 1.54) is 37.9 Å². The number of rotatable bonds is 33. The van der Waals surface area contributed by atoms with E-state index in [4.69, 9.17) is 28.4 Å². The van der Waals surface area contributed by atoms with Crippen LogP contribution in [0.25, 0.3) is 0 Å². The minimum atomic E-state index is -1.04. The number of benzene rings is 2. The van der Waals surface area contributed by atoms with E-state index in [0.717, 1.165) is 30.6 Å². The highest BCUT2D eigenvalue weighted by atomic mass is 32.2. The van der Waals surface area contributed by atoms with Crippen LogP contribution in [0.4, 0.5) is 10.5 Å². The number of likely N-dealkylation sites (tertiary alicyclic amines) is 1. The van der Waals surface area contributed by atoms with Crippen LogP contribution in [0.5, 0.6) is 0 Å². The van der Waals surface area contributed by atoms with Gasteiger partial charge in [0, 0.05) is 87.6 Å². The number of ether oxygens (including phenoxy) is 6. The summed E-state index contributed by atoms with van der Waals surface area (Å²) in [7, 11) is 6.03. The number of aliphatic hydroxyl groups excluding tert-OH is 1. The molecule has 2 aromatic rings. The molecular weight excluding hydrogens is 1390 g/mol. The molecule has 6 N–H and O–H groups in total. The predicted molar refractivity (Wildman–Crippen MR) is 395 cm³/mol. The maximum atomic E-state index is 14.3. The van der Waals surface area contributed by atoms with E-state index >= 15 is 0 Å². The topological polar surface area (TPSA) is 333 Å². The smallest absolute Gasteiger partial charge is 0.410 e. The first kappa shape index (κ1) is 85.3. The quantitative estimate of drug-likeness (QED) is 0.0231. The van der Waals surface area contributed by atoms with Crippen molar-refractivity contribution in [2.45, 2.75) is 229 Å². The summed E-state index contributed by atoms with van der Waals surface area (Å²) >= 11 is 4.79. The highest BCUT2D eigenvalue weighted by Crippen LogP contribution is 2.38. The minimum Gasteiger partial charge on any atom is -0.462 e. The van der Waals surface area contributed by atoms with Crippen LogP contribution in [0.3, 0.4) is 0 Å². The molecule has 6 rings (SSSR count). The van der Waals surface area contributed by atoms with E-state index in [0.29, 0.717) is 71.0 Å². The van der Waals surface area contributed by atoms with Crippen LogP contribution in [-0.2, 0) is 83.0 Å². The fourth-order valence-electron chi connectivity index (χ4n) is 13.8. The number of fused-ring (bicyclic) bond motifs is 3. The van der Waals surface area contributed by atoms with E-state index in [1.807, 2.05) is 32.0 Å². The van der Waals surface area contributed by atoms with E-state index in [9.17, 15) is 57.8 Å². The lowest BCUT2D eigenvalue weighted by Gasteiger charge is -2.39. The Balaban J connectivity index is 0.895. The number of aliphatic hydroxyl groups is 1. The van der Waals surface area contributed by atoms with Crippen molar-refractivity contribution >= 4 is 106 Å². The van der Waals surface area contributed by atoms with Crippen molar-refractivity contribution in [1.29, 1.82) is 0 Å². The SMILES string of the molecule is CC[C@H](C)[C@@H]([C@@H](CC(=O)N1CCC[C@H]1[C@H](OC)[C@@H](C)C(=O)N[C@H](C)[C@@H](O)c1ccccc1)OC)N(C)C(=O)CNC(=O)C(C(C)C)N(C)C(=O)OCc1ccc(NC(=O)CNC(=O)C(NC(=O)CSCCC(=O)O[C@H]2CC3C[C@H](C2)OC(=O)CCSC2CCCCC2SCCC(=O)O3)C(C)C)cc1. The van der Waals surface area contributed by atoms with E-state index in [-0.39, 0.29) is 92.2 Å². The van der Waals surface area contributed by atoms with Gasteiger partial charge in [-0.3, -0.25) is 52.8 Å². The molecule has 103 heavy (non-hydrogen) atoms. The van der Waals surface area contributed by atoms with E-state index in [2.05, 4.69) is 26.6 Å². The van der Waals surface area contributed by atoms with Crippen LogP contribution < -0.4 is 26.6 Å². The maximum Gasteiger partial charge on any atom is 0.410 e. The van der Waals surface area contributed by atoms with E-state index in [1.54, 1.807) is 113 Å². The molecule has 574 valence electrons. The van der Waals surface area contributed by atoms with Crippen molar-refractivity contribution in [2.75, 3.05) is 76.3 Å². The highest BCUT2D eigenvalue weighted by molar-refractivity contribution is 8.03. The summed E-state index contributed by atoms with van der Waals surface area (Å²) in [6, 6.07) is 11.8. The minimum absolute atomic E-state index is 0.0205. The number of nitrogens with zero attached hydrogens (tertiary/aromatic N) is 3.